The third kappa shape index (κ3) is 4.39. The molecule has 1 fully saturated rings. The lowest BCUT2D eigenvalue weighted by Gasteiger charge is -2.28. The molecule has 3 aromatic rings. The molecule has 2 N–H and O–H groups in total. The minimum Gasteiger partial charge on any atom is -0.761 e. The normalized spacial score (nSPS) is 13.8. The zero-order valence-electron chi connectivity index (χ0n) is 19.5. The SMILES string of the molecule is CC(C)=CCn1c(N2CCNCC2)nc2c1c(=O)n(CC(=O)c1ccc(N[O-])cc1)c(=O)n2C. The first-order valence-electron chi connectivity index (χ1n) is 11.1. The largest absolute Gasteiger partial charge is 0.761 e. The van der Waals surface area contributed by atoms with Crippen LogP contribution in [0.5, 0.6) is 0 Å². The predicted molar refractivity (Wildman–Crippen MR) is 132 cm³/mol. The van der Waals surface area contributed by atoms with Gasteiger partial charge in [-0.3, -0.25) is 18.7 Å². The Morgan fingerprint density at radius 2 is 1.82 bits per heavy atom. The van der Waals surface area contributed by atoms with Gasteiger partial charge in [-0.15, -0.1) is 0 Å². The Bertz CT molecular complexity index is 1360. The number of allylic oxidation sites excluding steroid dienone is 2. The maximum absolute atomic E-state index is 13.6. The quantitative estimate of drug-likeness (QED) is 0.300. The van der Waals surface area contributed by atoms with Crippen molar-refractivity contribution in [1.29, 1.82) is 0 Å². The van der Waals surface area contributed by atoms with Gasteiger partial charge < -0.3 is 25.5 Å². The molecule has 11 heteroatoms. The number of piperazine rings is 1. The van der Waals surface area contributed by atoms with Crippen molar-refractivity contribution >= 4 is 28.6 Å². The van der Waals surface area contributed by atoms with Crippen molar-refractivity contribution < 1.29 is 4.79 Å². The number of aromatic nitrogens is 4. The minimum atomic E-state index is -0.609. The molecule has 1 aromatic carbocycles. The molecule has 180 valence electrons. The molecule has 3 heterocycles. The predicted octanol–water partition coefficient (Wildman–Crippen LogP) is 1.07. The second-order valence-electron chi connectivity index (χ2n) is 8.55. The number of anilines is 2. The molecule has 1 aliphatic rings. The maximum Gasteiger partial charge on any atom is 0.332 e. The smallest absolute Gasteiger partial charge is 0.332 e. The van der Waals surface area contributed by atoms with Gasteiger partial charge in [-0.2, -0.15) is 4.98 Å². The van der Waals surface area contributed by atoms with Crippen molar-refractivity contribution in [2.75, 3.05) is 36.6 Å². The van der Waals surface area contributed by atoms with E-state index in [1.54, 1.807) is 12.5 Å². The van der Waals surface area contributed by atoms with Gasteiger partial charge in [0.05, 0.1) is 6.54 Å². The second-order valence-corrected chi connectivity index (χ2v) is 8.55. The highest BCUT2D eigenvalue weighted by Crippen LogP contribution is 2.21. The van der Waals surface area contributed by atoms with Crippen LogP contribution in [-0.2, 0) is 20.1 Å². The Balaban J connectivity index is 1.84. The number of rotatable bonds is 7. The number of nitrogens with one attached hydrogen (secondary N) is 2. The summed E-state index contributed by atoms with van der Waals surface area (Å²) in [4.78, 5) is 46.3. The summed E-state index contributed by atoms with van der Waals surface area (Å²) in [5.41, 5.74) is 2.86. The highest BCUT2D eigenvalue weighted by Gasteiger charge is 2.24. The molecular weight excluding hydrogens is 438 g/mol. The number of fused-ring (bicyclic) bond motifs is 1. The lowest BCUT2D eigenvalue weighted by atomic mass is 10.1. The summed E-state index contributed by atoms with van der Waals surface area (Å²) < 4.78 is 4.09. The first kappa shape index (κ1) is 23.5. The number of carbonyl (C=O) groups is 1. The summed E-state index contributed by atoms with van der Waals surface area (Å²) in [7, 11) is 1.56. The van der Waals surface area contributed by atoms with Crippen molar-refractivity contribution in [1.82, 2.24) is 24.0 Å². The fraction of sp³-hybridized carbons (Fsp3) is 0.391. The number of Topliss-reactive ketones (excluding diaryl/α,β-unsaturated/α-hetero) is 1. The fourth-order valence-corrected chi connectivity index (χ4v) is 4.01. The number of nitrogens with zero attached hydrogens (tertiary/aromatic N) is 5. The first-order chi connectivity index (χ1) is 16.3. The van der Waals surface area contributed by atoms with Crippen LogP contribution >= 0.6 is 0 Å². The number of ketones is 1. The standard InChI is InChI=1S/C23H28N7O4/c1-15(2)8-11-29-19-20(25-22(29)28-12-9-24-10-13-28)27(3)23(33)30(21(19)32)14-18(31)16-4-6-17(26-34)7-5-16/h4-8,24,26H,9-14H2,1-3H3/q-1. The number of aryl methyl sites for hydroxylation is 1. The molecule has 0 saturated carbocycles. The molecular formula is C23H28N7O4-. The van der Waals surface area contributed by atoms with E-state index in [0.717, 1.165) is 36.3 Å². The van der Waals surface area contributed by atoms with Crippen LogP contribution in [0, 0.1) is 5.21 Å². The van der Waals surface area contributed by atoms with E-state index in [0.29, 0.717) is 29.4 Å². The Hall–Kier alpha value is -3.70. The van der Waals surface area contributed by atoms with E-state index in [4.69, 9.17) is 4.98 Å². The summed E-state index contributed by atoms with van der Waals surface area (Å²) in [6.45, 7) is 7.01. The van der Waals surface area contributed by atoms with Crippen molar-refractivity contribution in [3.63, 3.8) is 0 Å². The van der Waals surface area contributed by atoms with Crippen LogP contribution in [0.1, 0.15) is 24.2 Å². The van der Waals surface area contributed by atoms with Crippen LogP contribution in [0.25, 0.3) is 11.2 Å². The van der Waals surface area contributed by atoms with E-state index in [1.165, 1.54) is 28.8 Å². The molecule has 1 saturated heterocycles. The number of hydrogen-bond acceptors (Lipinski definition) is 8. The van der Waals surface area contributed by atoms with E-state index in [1.807, 2.05) is 24.5 Å². The van der Waals surface area contributed by atoms with Crippen LogP contribution in [0.3, 0.4) is 0 Å². The third-order valence-corrected chi connectivity index (χ3v) is 5.92. The zero-order valence-corrected chi connectivity index (χ0v) is 19.5. The first-order valence-corrected chi connectivity index (χ1v) is 11.1. The van der Waals surface area contributed by atoms with Crippen LogP contribution in [0.15, 0.2) is 45.5 Å². The Morgan fingerprint density at radius 1 is 1.15 bits per heavy atom. The van der Waals surface area contributed by atoms with Gasteiger partial charge in [-0.05, 0) is 38.1 Å². The average molecular weight is 467 g/mol. The van der Waals surface area contributed by atoms with E-state index in [-0.39, 0.29) is 5.52 Å². The summed E-state index contributed by atoms with van der Waals surface area (Å²) in [5.74, 6) is 0.222. The molecule has 4 rings (SSSR count). The minimum absolute atomic E-state index is 0.284. The highest BCUT2D eigenvalue weighted by molar-refractivity contribution is 5.96. The Kier molecular flexibility index (Phi) is 6.66. The number of benzene rings is 1. The number of imidazole rings is 1. The topological polar surface area (TPSA) is 129 Å². The molecule has 0 aliphatic carbocycles. The molecule has 34 heavy (non-hydrogen) atoms. The van der Waals surface area contributed by atoms with E-state index in [2.05, 4.69) is 10.2 Å². The monoisotopic (exact) mass is 466 g/mol. The Labute approximate surface area is 195 Å². The van der Waals surface area contributed by atoms with Crippen molar-refractivity contribution in [3.05, 3.63) is 67.5 Å². The van der Waals surface area contributed by atoms with Gasteiger partial charge in [-0.1, -0.05) is 11.6 Å². The molecule has 0 radical (unpaired) electrons. The zero-order chi connectivity index (χ0) is 24.4. The summed E-state index contributed by atoms with van der Waals surface area (Å²) in [6.07, 6.45) is 2.00. The van der Waals surface area contributed by atoms with Gasteiger partial charge in [0.1, 0.15) is 0 Å². The van der Waals surface area contributed by atoms with Crippen LogP contribution in [0.4, 0.5) is 11.6 Å². The molecule has 0 atom stereocenters. The second kappa shape index (κ2) is 9.65. The molecule has 0 amide bonds. The fourth-order valence-electron chi connectivity index (χ4n) is 4.01. The molecule has 0 spiro atoms. The summed E-state index contributed by atoms with van der Waals surface area (Å²) in [5, 5.41) is 14.1. The van der Waals surface area contributed by atoms with E-state index < -0.39 is 23.6 Å². The average Bonchev–Trinajstić information content (AvgIpc) is 3.24. The van der Waals surface area contributed by atoms with Gasteiger partial charge in [0.15, 0.2) is 16.9 Å². The van der Waals surface area contributed by atoms with Gasteiger partial charge in [-0.25, -0.2) is 4.79 Å². The third-order valence-electron chi connectivity index (χ3n) is 5.92. The van der Waals surface area contributed by atoms with Gasteiger partial charge in [0.25, 0.3) is 5.56 Å². The lowest BCUT2D eigenvalue weighted by molar-refractivity contribution is 0.0969. The van der Waals surface area contributed by atoms with Gasteiger partial charge in [0.2, 0.25) is 5.95 Å². The highest BCUT2D eigenvalue weighted by atomic mass is 16.5. The molecule has 11 nitrogen and oxygen atoms in total. The Morgan fingerprint density at radius 3 is 2.44 bits per heavy atom. The van der Waals surface area contributed by atoms with E-state index in [9.17, 15) is 19.6 Å². The molecule has 0 bridgehead atoms. The van der Waals surface area contributed by atoms with Gasteiger partial charge in [0, 0.05) is 51.0 Å². The van der Waals surface area contributed by atoms with Crippen LogP contribution < -0.4 is 26.9 Å². The van der Waals surface area contributed by atoms with Crippen molar-refractivity contribution in [3.8, 4) is 0 Å². The molecule has 2 aromatic heterocycles. The van der Waals surface area contributed by atoms with Crippen LogP contribution in [0.2, 0.25) is 0 Å². The lowest BCUT2D eigenvalue weighted by Crippen LogP contribution is -2.44. The van der Waals surface area contributed by atoms with Crippen molar-refractivity contribution in [2.24, 2.45) is 7.05 Å². The summed E-state index contributed by atoms with van der Waals surface area (Å²) >= 11 is 0. The maximum atomic E-state index is 13.6. The van der Waals surface area contributed by atoms with Crippen molar-refractivity contribution in [2.45, 2.75) is 26.9 Å². The molecule has 0 unspecified atom stereocenters. The molecule has 1 aliphatic heterocycles. The van der Waals surface area contributed by atoms with Crippen LogP contribution in [-0.4, -0.2) is 50.6 Å². The number of carbonyl (C=O) groups excluding carboxylic acids is 1. The summed E-state index contributed by atoms with van der Waals surface area (Å²) in [6, 6.07) is 5.91. The van der Waals surface area contributed by atoms with Gasteiger partial charge >= 0.3 is 5.69 Å². The number of hydrogen-bond donors (Lipinski definition) is 2. The van der Waals surface area contributed by atoms with E-state index >= 15 is 0 Å².